The molecule has 96 valence electrons. The second kappa shape index (κ2) is 5.83. The van der Waals surface area contributed by atoms with E-state index in [-0.39, 0.29) is 6.10 Å². The first-order valence-corrected chi connectivity index (χ1v) is 6.42. The van der Waals surface area contributed by atoms with Gasteiger partial charge in [-0.3, -0.25) is 0 Å². The Bertz CT molecular complexity index is 505. The molecule has 2 N–H and O–H groups in total. The highest BCUT2D eigenvalue weighted by atomic mass is 16.3. The van der Waals surface area contributed by atoms with Crippen molar-refractivity contribution in [1.29, 1.82) is 0 Å². The van der Waals surface area contributed by atoms with Crippen LogP contribution < -0.4 is 5.32 Å². The largest absolute Gasteiger partial charge is 0.391 e. The van der Waals surface area contributed by atoms with Gasteiger partial charge in [0.25, 0.3) is 0 Å². The quantitative estimate of drug-likeness (QED) is 0.849. The monoisotopic (exact) mass is 244 g/mol. The number of rotatable bonds is 5. The molecule has 0 saturated carbocycles. The lowest BCUT2D eigenvalue weighted by Gasteiger charge is -2.15. The normalized spacial score (nSPS) is 12.9. The smallest absolute Gasteiger partial charge is 0.133 e. The van der Waals surface area contributed by atoms with Crippen LogP contribution in [0.3, 0.4) is 0 Å². The Hall–Kier alpha value is -1.61. The van der Waals surface area contributed by atoms with Crippen LogP contribution in [0, 0.1) is 5.92 Å². The van der Waals surface area contributed by atoms with Crippen LogP contribution >= 0.6 is 0 Å². The number of nitrogens with one attached hydrogen (secondary N) is 1. The summed E-state index contributed by atoms with van der Waals surface area (Å²) in [5.41, 5.74) is 0. The molecule has 0 saturated heterocycles. The van der Waals surface area contributed by atoms with Crippen molar-refractivity contribution >= 4 is 16.6 Å². The fraction of sp³-hybridized carbons (Fsp3) is 0.400. The van der Waals surface area contributed by atoms with Crippen molar-refractivity contribution in [2.24, 2.45) is 5.92 Å². The minimum Gasteiger partial charge on any atom is -0.391 e. The molecule has 0 radical (unpaired) electrons. The van der Waals surface area contributed by atoms with Crippen LogP contribution in [0.15, 0.2) is 36.5 Å². The van der Waals surface area contributed by atoms with Crippen molar-refractivity contribution in [3.63, 3.8) is 0 Å². The van der Waals surface area contributed by atoms with Crippen LogP contribution in [0.5, 0.6) is 0 Å². The van der Waals surface area contributed by atoms with E-state index >= 15 is 0 Å². The van der Waals surface area contributed by atoms with E-state index in [0.29, 0.717) is 12.5 Å². The Balaban J connectivity index is 2.08. The van der Waals surface area contributed by atoms with E-state index in [0.717, 1.165) is 23.0 Å². The van der Waals surface area contributed by atoms with E-state index in [4.69, 9.17) is 0 Å². The first-order chi connectivity index (χ1) is 8.66. The summed E-state index contributed by atoms with van der Waals surface area (Å²) in [5, 5.41) is 15.3. The lowest BCUT2D eigenvalue weighted by atomic mass is 10.1. The number of hydrogen-bond acceptors (Lipinski definition) is 3. The van der Waals surface area contributed by atoms with Gasteiger partial charge in [-0.15, -0.1) is 0 Å². The standard InChI is InChI=1S/C15H20N2O/c1-11(2)9-13(18)10-17-15-14-6-4-3-5-12(14)7-8-16-15/h3-8,11,13,18H,9-10H2,1-2H3,(H,16,17). The molecule has 0 aliphatic rings. The molecule has 1 aromatic heterocycles. The molecule has 0 aliphatic heterocycles. The van der Waals surface area contributed by atoms with Crippen LogP contribution in [-0.2, 0) is 0 Å². The molecule has 18 heavy (non-hydrogen) atoms. The highest BCUT2D eigenvalue weighted by Crippen LogP contribution is 2.20. The maximum Gasteiger partial charge on any atom is 0.133 e. The van der Waals surface area contributed by atoms with Crippen molar-refractivity contribution in [3.05, 3.63) is 36.5 Å². The topological polar surface area (TPSA) is 45.1 Å². The molecular formula is C15H20N2O. The van der Waals surface area contributed by atoms with Crippen LogP contribution in [0.4, 0.5) is 5.82 Å². The number of fused-ring (bicyclic) bond motifs is 1. The maximum absolute atomic E-state index is 9.86. The first kappa shape index (κ1) is 12.8. The highest BCUT2D eigenvalue weighted by molar-refractivity contribution is 5.91. The van der Waals surface area contributed by atoms with Gasteiger partial charge in [-0.2, -0.15) is 0 Å². The molecule has 2 aromatic rings. The van der Waals surface area contributed by atoms with Gasteiger partial charge in [-0.1, -0.05) is 38.1 Å². The summed E-state index contributed by atoms with van der Waals surface area (Å²) in [5.74, 6) is 1.35. The molecule has 0 bridgehead atoms. The zero-order valence-electron chi connectivity index (χ0n) is 10.9. The second-order valence-electron chi connectivity index (χ2n) is 5.04. The Morgan fingerprint density at radius 3 is 2.78 bits per heavy atom. The summed E-state index contributed by atoms with van der Waals surface area (Å²) in [6, 6.07) is 10.1. The fourth-order valence-corrected chi connectivity index (χ4v) is 2.10. The number of hydrogen-bond donors (Lipinski definition) is 2. The zero-order chi connectivity index (χ0) is 13.0. The van der Waals surface area contributed by atoms with Crippen molar-refractivity contribution in [2.75, 3.05) is 11.9 Å². The second-order valence-corrected chi connectivity index (χ2v) is 5.04. The fourth-order valence-electron chi connectivity index (χ4n) is 2.10. The number of benzene rings is 1. The third-order valence-corrected chi connectivity index (χ3v) is 2.92. The summed E-state index contributed by atoms with van der Waals surface area (Å²) < 4.78 is 0. The van der Waals surface area contributed by atoms with Gasteiger partial charge < -0.3 is 10.4 Å². The third kappa shape index (κ3) is 3.20. The molecule has 0 spiro atoms. The SMILES string of the molecule is CC(C)CC(O)CNc1nccc2ccccc12. The van der Waals surface area contributed by atoms with Crippen molar-refractivity contribution in [1.82, 2.24) is 4.98 Å². The highest BCUT2D eigenvalue weighted by Gasteiger charge is 2.08. The Morgan fingerprint density at radius 1 is 1.22 bits per heavy atom. The number of aliphatic hydroxyl groups is 1. The lowest BCUT2D eigenvalue weighted by Crippen LogP contribution is -2.21. The lowest BCUT2D eigenvalue weighted by molar-refractivity contribution is 0.161. The van der Waals surface area contributed by atoms with Gasteiger partial charge in [0.15, 0.2) is 0 Å². The van der Waals surface area contributed by atoms with E-state index < -0.39 is 0 Å². The van der Waals surface area contributed by atoms with Crippen molar-refractivity contribution < 1.29 is 5.11 Å². The van der Waals surface area contributed by atoms with Gasteiger partial charge in [0.05, 0.1) is 6.10 Å². The maximum atomic E-state index is 9.86. The molecule has 1 aromatic carbocycles. The number of aliphatic hydroxyl groups excluding tert-OH is 1. The van der Waals surface area contributed by atoms with Gasteiger partial charge in [0.1, 0.15) is 5.82 Å². The minimum atomic E-state index is -0.328. The average Bonchev–Trinajstić information content (AvgIpc) is 2.35. The molecule has 1 unspecified atom stereocenters. The van der Waals surface area contributed by atoms with Crippen LogP contribution in [0.2, 0.25) is 0 Å². The molecule has 0 amide bonds. The minimum absolute atomic E-state index is 0.328. The summed E-state index contributed by atoms with van der Waals surface area (Å²) in [7, 11) is 0. The van der Waals surface area contributed by atoms with Gasteiger partial charge in [-0.25, -0.2) is 4.98 Å². The molecule has 2 rings (SSSR count). The molecule has 1 heterocycles. The average molecular weight is 244 g/mol. The van der Waals surface area contributed by atoms with E-state index in [1.807, 2.05) is 24.3 Å². The van der Waals surface area contributed by atoms with Gasteiger partial charge in [0, 0.05) is 18.1 Å². The molecule has 0 fully saturated rings. The number of nitrogens with zero attached hydrogens (tertiary/aromatic N) is 1. The predicted octanol–water partition coefficient (Wildman–Crippen LogP) is 3.05. The van der Waals surface area contributed by atoms with E-state index in [1.165, 1.54) is 0 Å². The van der Waals surface area contributed by atoms with Gasteiger partial charge in [-0.05, 0) is 23.8 Å². The summed E-state index contributed by atoms with van der Waals surface area (Å²) in [6.07, 6.45) is 2.27. The zero-order valence-corrected chi connectivity index (χ0v) is 10.9. The summed E-state index contributed by atoms with van der Waals surface area (Å²) in [4.78, 5) is 4.34. The molecule has 1 atom stereocenters. The van der Waals surface area contributed by atoms with Gasteiger partial charge >= 0.3 is 0 Å². The molecular weight excluding hydrogens is 224 g/mol. The number of aromatic nitrogens is 1. The van der Waals surface area contributed by atoms with Crippen LogP contribution in [-0.4, -0.2) is 22.7 Å². The van der Waals surface area contributed by atoms with E-state index in [9.17, 15) is 5.11 Å². The van der Waals surface area contributed by atoms with Crippen molar-refractivity contribution in [2.45, 2.75) is 26.4 Å². The predicted molar refractivity (Wildman–Crippen MR) is 75.7 cm³/mol. The Labute approximate surface area is 108 Å². The van der Waals surface area contributed by atoms with Crippen LogP contribution in [0.25, 0.3) is 10.8 Å². The molecule has 0 aliphatic carbocycles. The first-order valence-electron chi connectivity index (χ1n) is 6.42. The van der Waals surface area contributed by atoms with E-state index in [2.05, 4.69) is 30.2 Å². The number of pyridine rings is 1. The summed E-state index contributed by atoms with van der Waals surface area (Å²) >= 11 is 0. The summed E-state index contributed by atoms with van der Waals surface area (Å²) in [6.45, 7) is 4.76. The molecule has 3 heteroatoms. The Morgan fingerprint density at radius 2 is 2.00 bits per heavy atom. The number of anilines is 1. The third-order valence-electron chi connectivity index (χ3n) is 2.92. The molecule has 3 nitrogen and oxygen atoms in total. The van der Waals surface area contributed by atoms with Crippen LogP contribution in [0.1, 0.15) is 20.3 Å². The van der Waals surface area contributed by atoms with Gasteiger partial charge in [0.2, 0.25) is 0 Å². The van der Waals surface area contributed by atoms with Crippen molar-refractivity contribution in [3.8, 4) is 0 Å². The Kier molecular flexibility index (Phi) is 4.15. The van der Waals surface area contributed by atoms with E-state index in [1.54, 1.807) is 6.20 Å².